The molecule has 4 heteroatoms. The minimum atomic E-state index is -4.26. The van der Waals surface area contributed by atoms with Gasteiger partial charge >= 0.3 is 6.18 Å². The van der Waals surface area contributed by atoms with Crippen LogP contribution in [0.25, 0.3) is 0 Å². The minimum absolute atomic E-state index is 0.337. The van der Waals surface area contributed by atoms with Crippen LogP contribution >= 0.6 is 0 Å². The summed E-state index contributed by atoms with van der Waals surface area (Å²) in [6.07, 6.45) is -3.33. The molecular formula is C12H16F3N. The highest BCUT2D eigenvalue weighted by Crippen LogP contribution is 2.32. The zero-order valence-corrected chi connectivity index (χ0v) is 9.51. The molecule has 0 saturated carbocycles. The molecule has 0 spiro atoms. The topological polar surface area (TPSA) is 3.24 Å². The Labute approximate surface area is 93.9 Å². The summed E-state index contributed by atoms with van der Waals surface area (Å²) in [7, 11) is 1.83. The van der Waals surface area contributed by atoms with E-state index in [1.54, 1.807) is 6.07 Å². The molecule has 0 atom stereocenters. The summed E-state index contributed by atoms with van der Waals surface area (Å²) in [6.45, 7) is 3.14. The second kappa shape index (κ2) is 5.34. The Balaban J connectivity index is 2.87. The Morgan fingerprint density at radius 3 is 2.38 bits per heavy atom. The molecule has 0 aliphatic carbocycles. The van der Waals surface area contributed by atoms with Crippen molar-refractivity contribution >= 4 is 0 Å². The van der Waals surface area contributed by atoms with Crippen molar-refractivity contribution in [3.63, 3.8) is 0 Å². The van der Waals surface area contributed by atoms with Gasteiger partial charge in [-0.05, 0) is 31.6 Å². The van der Waals surface area contributed by atoms with E-state index in [9.17, 15) is 13.2 Å². The smallest absolute Gasteiger partial charge is 0.302 e. The number of hydrogen-bond acceptors (Lipinski definition) is 1. The minimum Gasteiger partial charge on any atom is -0.302 e. The Hall–Kier alpha value is -1.03. The van der Waals surface area contributed by atoms with Crippen molar-refractivity contribution in [1.29, 1.82) is 0 Å². The number of benzene rings is 1. The quantitative estimate of drug-likeness (QED) is 0.766. The van der Waals surface area contributed by atoms with Crippen molar-refractivity contribution in [1.82, 2.24) is 4.90 Å². The van der Waals surface area contributed by atoms with Crippen LogP contribution in [0.3, 0.4) is 0 Å². The van der Waals surface area contributed by atoms with Crippen molar-refractivity contribution < 1.29 is 13.2 Å². The molecule has 0 heterocycles. The average molecular weight is 231 g/mol. The summed E-state index contributed by atoms with van der Waals surface area (Å²) in [6, 6.07) is 5.74. The molecule has 0 radical (unpaired) electrons. The fourth-order valence-electron chi connectivity index (χ4n) is 1.69. The largest absolute Gasteiger partial charge is 0.416 e. The van der Waals surface area contributed by atoms with E-state index in [0.717, 1.165) is 19.0 Å². The summed E-state index contributed by atoms with van der Waals surface area (Å²) in [5.74, 6) is 0. The molecule has 0 aliphatic heterocycles. The van der Waals surface area contributed by atoms with E-state index in [2.05, 4.69) is 0 Å². The van der Waals surface area contributed by atoms with Gasteiger partial charge in [-0.1, -0.05) is 25.1 Å². The molecular weight excluding hydrogens is 215 g/mol. The molecule has 0 bridgehead atoms. The Morgan fingerprint density at radius 1 is 1.19 bits per heavy atom. The first-order chi connectivity index (χ1) is 7.45. The van der Waals surface area contributed by atoms with Crippen molar-refractivity contribution in [3.05, 3.63) is 35.4 Å². The fourth-order valence-corrected chi connectivity index (χ4v) is 1.69. The lowest BCUT2D eigenvalue weighted by Gasteiger charge is -2.19. The highest BCUT2D eigenvalue weighted by atomic mass is 19.4. The van der Waals surface area contributed by atoms with Crippen LogP contribution < -0.4 is 0 Å². The van der Waals surface area contributed by atoms with Crippen molar-refractivity contribution in [2.45, 2.75) is 26.1 Å². The van der Waals surface area contributed by atoms with Crippen LogP contribution in [0.5, 0.6) is 0 Å². The fraction of sp³-hybridized carbons (Fsp3) is 0.500. The summed E-state index contributed by atoms with van der Waals surface area (Å²) in [4.78, 5) is 1.89. The standard InChI is InChI=1S/C12H16F3N/c1-3-8-16(2)9-10-6-4-5-7-11(10)12(13,14)15/h4-7H,3,8-9H2,1-2H3. The van der Waals surface area contributed by atoms with E-state index in [1.807, 2.05) is 18.9 Å². The Kier molecular flexibility index (Phi) is 4.35. The van der Waals surface area contributed by atoms with Crippen molar-refractivity contribution in [2.24, 2.45) is 0 Å². The van der Waals surface area contributed by atoms with Crippen molar-refractivity contribution in [2.75, 3.05) is 13.6 Å². The third-order valence-corrected chi connectivity index (χ3v) is 2.37. The molecule has 0 N–H and O–H groups in total. The number of alkyl halides is 3. The van der Waals surface area contributed by atoms with Crippen LogP contribution in [0.1, 0.15) is 24.5 Å². The maximum absolute atomic E-state index is 12.7. The lowest BCUT2D eigenvalue weighted by molar-refractivity contribution is -0.138. The maximum atomic E-state index is 12.7. The van der Waals surface area contributed by atoms with Gasteiger partial charge in [-0.15, -0.1) is 0 Å². The van der Waals surface area contributed by atoms with E-state index < -0.39 is 11.7 Å². The number of nitrogens with zero attached hydrogens (tertiary/aromatic N) is 1. The SMILES string of the molecule is CCCN(C)Cc1ccccc1C(F)(F)F. The van der Waals surface area contributed by atoms with Crippen LogP contribution in [0.4, 0.5) is 13.2 Å². The molecule has 1 aromatic carbocycles. The predicted octanol–water partition coefficient (Wildman–Crippen LogP) is 3.55. The van der Waals surface area contributed by atoms with Crippen molar-refractivity contribution in [3.8, 4) is 0 Å². The molecule has 1 aromatic rings. The van der Waals surface area contributed by atoms with Gasteiger partial charge < -0.3 is 4.90 Å². The highest BCUT2D eigenvalue weighted by molar-refractivity contribution is 5.29. The van der Waals surface area contributed by atoms with Gasteiger partial charge in [0.25, 0.3) is 0 Å². The predicted molar refractivity (Wildman–Crippen MR) is 58.1 cm³/mol. The zero-order valence-electron chi connectivity index (χ0n) is 9.51. The average Bonchev–Trinajstić information content (AvgIpc) is 2.17. The van der Waals surface area contributed by atoms with E-state index in [4.69, 9.17) is 0 Å². The van der Waals surface area contributed by atoms with Gasteiger partial charge in [-0.3, -0.25) is 0 Å². The number of hydrogen-bond donors (Lipinski definition) is 0. The summed E-state index contributed by atoms with van der Waals surface area (Å²) < 4.78 is 38.0. The molecule has 0 fully saturated rings. The van der Waals surface area contributed by atoms with Crippen LogP contribution in [-0.4, -0.2) is 18.5 Å². The zero-order chi connectivity index (χ0) is 12.2. The van der Waals surface area contributed by atoms with Crippen LogP contribution in [0.15, 0.2) is 24.3 Å². The van der Waals surface area contributed by atoms with E-state index in [-0.39, 0.29) is 0 Å². The number of halogens is 3. The first-order valence-electron chi connectivity index (χ1n) is 5.28. The number of rotatable bonds is 4. The molecule has 0 saturated heterocycles. The Bertz CT molecular complexity index is 333. The van der Waals surface area contributed by atoms with Crippen LogP contribution in [0.2, 0.25) is 0 Å². The van der Waals surface area contributed by atoms with Gasteiger partial charge in [0, 0.05) is 6.54 Å². The van der Waals surface area contributed by atoms with Gasteiger partial charge in [0.15, 0.2) is 0 Å². The Morgan fingerprint density at radius 2 is 1.81 bits per heavy atom. The summed E-state index contributed by atoms with van der Waals surface area (Å²) >= 11 is 0. The monoisotopic (exact) mass is 231 g/mol. The molecule has 1 rings (SSSR count). The molecule has 0 unspecified atom stereocenters. The summed E-state index contributed by atoms with van der Waals surface area (Å²) in [5.41, 5.74) is -0.191. The highest BCUT2D eigenvalue weighted by Gasteiger charge is 2.32. The second-order valence-electron chi connectivity index (χ2n) is 3.89. The lowest BCUT2D eigenvalue weighted by Crippen LogP contribution is -2.21. The summed E-state index contributed by atoms with van der Waals surface area (Å²) in [5, 5.41) is 0. The molecule has 0 aromatic heterocycles. The van der Waals surface area contributed by atoms with Gasteiger partial charge in [-0.25, -0.2) is 0 Å². The van der Waals surface area contributed by atoms with Gasteiger partial charge in [0.2, 0.25) is 0 Å². The third kappa shape index (κ3) is 3.52. The molecule has 1 nitrogen and oxygen atoms in total. The van der Waals surface area contributed by atoms with Gasteiger partial charge in [-0.2, -0.15) is 13.2 Å². The second-order valence-corrected chi connectivity index (χ2v) is 3.89. The third-order valence-electron chi connectivity index (χ3n) is 2.37. The molecule has 16 heavy (non-hydrogen) atoms. The van der Waals surface area contributed by atoms with E-state index >= 15 is 0 Å². The van der Waals surface area contributed by atoms with Gasteiger partial charge in [0.05, 0.1) is 5.56 Å². The maximum Gasteiger partial charge on any atom is 0.416 e. The van der Waals surface area contributed by atoms with E-state index in [1.165, 1.54) is 12.1 Å². The molecule has 0 aliphatic rings. The first kappa shape index (κ1) is 13.0. The normalized spacial score (nSPS) is 12.1. The van der Waals surface area contributed by atoms with E-state index in [0.29, 0.717) is 12.1 Å². The lowest BCUT2D eigenvalue weighted by atomic mass is 10.1. The van der Waals surface area contributed by atoms with Crippen LogP contribution in [0, 0.1) is 0 Å². The van der Waals surface area contributed by atoms with Crippen LogP contribution in [-0.2, 0) is 12.7 Å². The first-order valence-corrected chi connectivity index (χ1v) is 5.28. The molecule has 0 amide bonds. The molecule has 90 valence electrons. The van der Waals surface area contributed by atoms with Gasteiger partial charge in [0.1, 0.15) is 0 Å².